The number of nitrogens with one attached hydrogen (secondary N) is 1. The average Bonchev–Trinajstić information content (AvgIpc) is 3.30. The Morgan fingerprint density at radius 3 is 2.52 bits per heavy atom. The highest BCUT2D eigenvalue weighted by atomic mass is 16.2. The van der Waals surface area contributed by atoms with Gasteiger partial charge in [-0.2, -0.15) is 5.10 Å². The third-order valence-electron chi connectivity index (χ3n) is 5.51. The number of nitrogens with zero attached hydrogens (tertiary/aromatic N) is 3. The molecule has 1 N–H and O–H groups in total. The van der Waals surface area contributed by atoms with Crippen molar-refractivity contribution in [1.29, 1.82) is 0 Å². The second-order valence-electron chi connectivity index (χ2n) is 7.51. The second kappa shape index (κ2) is 8.50. The lowest BCUT2D eigenvalue weighted by atomic mass is 9.94. The fourth-order valence-electron chi connectivity index (χ4n) is 3.98. The highest BCUT2D eigenvalue weighted by Gasteiger charge is 2.31. The Morgan fingerprint density at radius 2 is 1.88 bits per heavy atom. The Labute approximate surface area is 149 Å². The van der Waals surface area contributed by atoms with Gasteiger partial charge in [-0.25, -0.2) is 0 Å². The molecule has 6 nitrogen and oxygen atoms in total. The van der Waals surface area contributed by atoms with E-state index >= 15 is 0 Å². The molecule has 0 atom stereocenters. The van der Waals surface area contributed by atoms with E-state index in [1.807, 2.05) is 28.9 Å². The highest BCUT2D eigenvalue weighted by Crippen LogP contribution is 2.28. The summed E-state index contributed by atoms with van der Waals surface area (Å²) in [5.74, 6) is 0.770. The van der Waals surface area contributed by atoms with Gasteiger partial charge in [0.25, 0.3) is 0 Å². The maximum atomic E-state index is 12.4. The van der Waals surface area contributed by atoms with Crippen LogP contribution in [-0.2, 0) is 16.1 Å². The molecule has 138 valence electrons. The van der Waals surface area contributed by atoms with Crippen molar-refractivity contribution in [3.8, 4) is 0 Å². The van der Waals surface area contributed by atoms with Gasteiger partial charge in [0.1, 0.15) is 0 Å². The van der Waals surface area contributed by atoms with Gasteiger partial charge in [0, 0.05) is 44.2 Å². The van der Waals surface area contributed by atoms with Gasteiger partial charge in [0.15, 0.2) is 0 Å². The Hall–Kier alpha value is -1.85. The number of likely N-dealkylation sites (tertiary alicyclic amines) is 1. The van der Waals surface area contributed by atoms with Gasteiger partial charge in [0.05, 0.1) is 6.20 Å². The van der Waals surface area contributed by atoms with Crippen LogP contribution in [0.25, 0.3) is 0 Å². The van der Waals surface area contributed by atoms with E-state index < -0.39 is 0 Å². The van der Waals surface area contributed by atoms with Crippen LogP contribution in [0.4, 0.5) is 0 Å². The molecule has 3 rings (SSSR count). The number of aryl methyl sites for hydroxylation is 2. The summed E-state index contributed by atoms with van der Waals surface area (Å²) in [5.41, 5.74) is 1.16. The largest absolute Gasteiger partial charge is 0.356 e. The van der Waals surface area contributed by atoms with E-state index in [2.05, 4.69) is 10.4 Å². The predicted molar refractivity (Wildman–Crippen MR) is 95.9 cm³/mol. The molecule has 1 saturated heterocycles. The van der Waals surface area contributed by atoms with Crippen LogP contribution in [0.15, 0.2) is 12.4 Å². The molecule has 0 radical (unpaired) electrons. The van der Waals surface area contributed by atoms with Crippen molar-refractivity contribution in [2.45, 2.75) is 58.4 Å². The van der Waals surface area contributed by atoms with Gasteiger partial charge >= 0.3 is 0 Å². The normalized spacial score (nSPS) is 19.3. The molecule has 1 saturated carbocycles. The zero-order valence-corrected chi connectivity index (χ0v) is 15.2. The minimum absolute atomic E-state index is 0.0552. The molecule has 6 heteroatoms. The lowest BCUT2D eigenvalue weighted by molar-refractivity contribution is -0.139. The number of piperidine rings is 1. The van der Waals surface area contributed by atoms with E-state index in [-0.39, 0.29) is 17.7 Å². The second-order valence-corrected chi connectivity index (χ2v) is 7.51. The Bertz CT molecular complexity index is 584. The molecule has 0 spiro atoms. The zero-order chi connectivity index (χ0) is 17.6. The van der Waals surface area contributed by atoms with Crippen LogP contribution in [0.3, 0.4) is 0 Å². The molecule has 2 aliphatic rings. The topological polar surface area (TPSA) is 67.2 Å². The monoisotopic (exact) mass is 346 g/mol. The third-order valence-corrected chi connectivity index (χ3v) is 5.51. The SMILES string of the molecule is Cc1cnn(CCCNC(=O)C2CCN(C(=O)C3CCCC3)CC2)c1. The minimum atomic E-state index is 0.0552. The lowest BCUT2D eigenvalue weighted by Crippen LogP contribution is -2.44. The van der Waals surface area contributed by atoms with E-state index in [1.165, 1.54) is 12.8 Å². The summed E-state index contributed by atoms with van der Waals surface area (Å²) in [6, 6.07) is 0. The molecule has 25 heavy (non-hydrogen) atoms. The highest BCUT2D eigenvalue weighted by molar-refractivity contribution is 5.81. The summed E-state index contributed by atoms with van der Waals surface area (Å²) in [4.78, 5) is 26.7. The first-order valence-electron chi connectivity index (χ1n) is 9.69. The third kappa shape index (κ3) is 4.83. The van der Waals surface area contributed by atoms with E-state index in [4.69, 9.17) is 0 Å². The maximum Gasteiger partial charge on any atom is 0.225 e. The number of hydrogen-bond donors (Lipinski definition) is 1. The molecule has 1 aliphatic carbocycles. The van der Waals surface area contributed by atoms with Gasteiger partial charge in [-0.15, -0.1) is 0 Å². The average molecular weight is 346 g/mol. The van der Waals surface area contributed by atoms with E-state index in [9.17, 15) is 9.59 Å². The molecule has 1 aliphatic heterocycles. The summed E-state index contributed by atoms with van der Waals surface area (Å²) < 4.78 is 1.91. The molecule has 2 heterocycles. The molecule has 0 bridgehead atoms. The lowest BCUT2D eigenvalue weighted by Gasteiger charge is -2.33. The fraction of sp³-hybridized carbons (Fsp3) is 0.737. The van der Waals surface area contributed by atoms with Crippen molar-refractivity contribution in [3.63, 3.8) is 0 Å². The van der Waals surface area contributed by atoms with Gasteiger partial charge in [-0.1, -0.05) is 12.8 Å². The van der Waals surface area contributed by atoms with Crippen molar-refractivity contribution >= 4 is 11.8 Å². The van der Waals surface area contributed by atoms with E-state index in [1.54, 1.807) is 0 Å². The molecule has 1 aromatic rings. The summed E-state index contributed by atoms with van der Waals surface area (Å²) in [6.07, 6.45) is 10.8. The first-order valence-corrected chi connectivity index (χ1v) is 9.69. The number of amides is 2. The van der Waals surface area contributed by atoms with Crippen molar-refractivity contribution < 1.29 is 9.59 Å². The molecular weight excluding hydrogens is 316 g/mol. The van der Waals surface area contributed by atoms with Gasteiger partial charge < -0.3 is 10.2 Å². The quantitative estimate of drug-likeness (QED) is 0.803. The van der Waals surface area contributed by atoms with E-state index in [0.29, 0.717) is 12.5 Å². The summed E-state index contributed by atoms with van der Waals surface area (Å²) in [5, 5.41) is 7.29. The number of hydrogen-bond acceptors (Lipinski definition) is 3. The Balaban J connectivity index is 1.33. The van der Waals surface area contributed by atoms with Gasteiger partial charge in [0.2, 0.25) is 11.8 Å². The minimum Gasteiger partial charge on any atom is -0.356 e. The Kier molecular flexibility index (Phi) is 6.10. The van der Waals surface area contributed by atoms with Crippen LogP contribution in [-0.4, -0.2) is 46.1 Å². The summed E-state index contributed by atoms with van der Waals surface area (Å²) in [7, 11) is 0. The van der Waals surface area contributed by atoms with Crippen LogP contribution >= 0.6 is 0 Å². The molecule has 2 fully saturated rings. The van der Waals surface area contributed by atoms with Crippen molar-refractivity contribution in [3.05, 3.63) is 18.0 Å². The number of carbonyl (C=O) groups is 2. The number of aromatic nitrogens is 2. The van der Waals surface area contributed by atoms with Crippen LogP contribution < -0.4 is 5.32 Å². The van der Waals surface area contributed by atoms with Gasteiger partial charge in [-0.3, -0.25) is 14.3 Å². The molecular formula is C19H30N4O2. The predicted octanol–water partition coefficient (Wildman–Crippen LogP) is 2.13. The first kappa shape index (κ1) is 18.0. The number of carbonyl (C=O) groups excluding carboxylic acids is 2. The Morgan fingerprint density at radius 1 is 1.16 bits per heavy atom. The van der Waals surface area contributed by atoms with Crippen LogP contribution in [0.2, 0.25) is 0 Å². The van der Waals surface area contributed by atoms with Crippen LogP contribution in [0.1, 0.15) is 50.5 Å². The molecule has 2 amide bonds. The van der Waals surface area contributed by atoms with Crippen LogP contribution in [0, 0.1) is 18.8 Å². The summed E-state index contributed by atoms with van der Waals surface area (Å²) in [6.45, 7) is 5.00. The fourth-order valence-corrected chi connectivity index (χ4v) is 3.98. The van der Waals surface area contributed by atoms with E-state index in [0.717, 1.165) is 57.3 Å². The molecule has 0 unspecified atom stereocenters. The molecule has 0 aromatic carbocycles. The number of rotatable bonds is 6. The van der Waals surface area contributed by atoms with Crippen molar-refractivity contribution in [2.75, 3.05) is 19.6 Å². The molecule has 1 aromatic heterocycles. The van der Waals surface area contributed by atoms with Crippen molar-refractivity contribution in [1.82, 2.24) is 20.0 Å². The standard InChI is InChI=1S/C19H30N4O2/c1-15-13-21-23(14-15)10-4-9-20-18(24)16-7-11-22(12-8-16)19(25)17-5-2-3-6-17/h13-14,16-17H,2-12H2,1H3,(H,20,24). The van der Waals surface area contributed by atoms with Crippen LogP contribution in [0.5, 0.6) is 0 Å². The summed E-state index contributed by atoms with van der Waals surface area (Å²) >= 11 is 0. The maximum absolute atomic E-state index is 12.4. The zero-order valence-electron chi connectivity index (χ0n) is 15.2. The van der Waals surface area contributed by atoms with Gasteiger partial charge in [-0.05, 0) is 44.6 Å². The smallest absolute Gasteiger partial charge is 0.225 e. The van der Waals surface area contributed by atoms with Crippen molar-refractivity contribution in [2.24, 2.45) is 11.8 Å². The first-order chi connectivity index (χ1) is 12.1.